The Kier molecular flexibility index (Phi) is 5.80. The molecule has 8 nitrogen and oxygen atoms in total. The van der Waals surface area contributed by atoms with Gasteiger partial charge in [0.2, 0.25) is 5.91 Å². The van der Waals surface area contributed by atoms with Crippen molar-refractivity contribution in [2.45, 2.75) is 52.5 Å². The largest absolute Gasteiger partial charge is 0.343 e. The maximum Gasteiger partial charge on any atom is 0.251 e. The summed E-state index contributed by atoms with van der Waals surface area (Å²) in [5, 5.41) is 7.13. The van der Waals surface area contributed by atoms with Gasteiger partial charge in [0.15, 0.2) is 0 Å². The highest BCUT2D eigenvalue weighted by Crippen LogP contribution is 2.27. The van der Waals surface area contributed by atoms with E-state index in [0.717, 1.165) is 29.2 Å². The number of carbonyl (C=O) groups excluding carboxylic acids is 1. The van der Waals surface area contributed by atoms with Crippen molar-refractivity contribution in [3.05, 3.63) is 50.8 Å². The van der Waals surface area contributed by atoms with E-state index in [0.29, 0.717) is 37.6 Å². The third-order valence-electron chi connectivity index (χ3n) is 5.93. The first kappa shape index (κ1) is 20.5. The molecule has 1 fully saturated rings. The Bertz CT molecular complexity index is 1090. The number of aromatic nitrogens is 5. The van der Waals surface area contributed by atoms with Crippen LogP contribution < -0.4 is 5.56 Å². The van der Waals surface area contributed by atoms with E-state index in [2.05, 4.69) is 27.0 Å². The van der Waals surface area contributed by atoms with Gasteiger partial charge in [-0.25, -0.2) is 9.97 Å². The van der Waals surface area contributed by atoms with E-state index in [9.17, 15) is 9.59 Å². The zero-order valence-corrected chi connectivity index (χ0v) is 18.3. The Morgan fingerprint density at radius 1 is 1.27 bits per heavy atom. The van der Waals surface area contributed by atoms with Crippen molar-refractivity contribution in [1.29, 1.82) is 0 Å². The number of piperidine rings is 1. The standard InChI is InChI=1S/C21H26N6O2S/c1-13-14(2)25-27(15(13)3)10-6-19(29)26-8-4-16(5-9-26)20-23-17(12-18(28)24-20)21-22-7-11-30-21/h7,11-12,16H,4-6,8-10H2,1-3H3,(H,23,24,28). The molecule has 0 bridgehead atoms. The van der Waals surface area contributed by atoms with Gasteiger partial charge < -0.3 is 9.88 Å². The third-order valence-corrected chi connectivity index (χ3v) is 6.72. The Morgan fingerprint density at radius 3 is 2.67 bits per heavy atom. The molecule has 9 heteroatoms. The van der Waals surface area contributed by atoms with Crippen molar-refractivity contribution in [3.8, 4) is 10.7 Å². The summed E-state index contributed by atoms with van der Waals surface area (Å²) in [5.74, 6) is 0.981. The number of hydrogen-bond donors (Lipinski definition) is 1. The van der Waals surface area contributed by atoms with E-state index < -0.39 is 0 Å². The molecule has 3 aromatic heterocycles. The van der Waals surface area contributed by atoms with Crippen molar-refractivity contribution in [1.82, 2.24) is 29.6 Å². The molecule has 0 aliphatic carbocycles. The maximum absolute atomic E-state index is 12.7. The molecule has 1 N–H and O–H groups in total. The molecule has 1 amide bonds. The summed E-state index contributed by atoms with van der Waals surface area (Å²) >= 11 is 1.46. The molecule has 0 radical (unpaired) electrons. The van der Waals surface area contributed by atoms with Crippen LogP contribution in [-0.2, 0) is 11.3 Å². The summed E-state index contributed by atoms with van der Waals surface area (Å²) in [7, 11) is 0. The lowest BCUT2D eigenvalue weighted by Gasteiger charge is -2.31. The first-order chi connectivity index (χ1) is 14.4. The average Bonchev–Trinajstić information content (AvgIpc) is 3.37. The number of nitrogens with one attached hydrogen (secondary N) is 1. The van der Waals surface area contributed by atoms with Crippen LogP contribution in [0.1, 0.15) is 48.0 Å². The van der Waals surface area contributed by atoms with Crippen molar-refractivity contribution < 1.29 is 4.79 Å². The molecule has 30 heavy (non-hydrogen) atoms. The van der Waals surface area contributed by atoms with E-state index in [-0.39, 0.29) is 17.4 Å². The van der Waals surface area contributed by atoms with Gasteiger partial charge in [-0.05, 0) is 39.2 Å². The summed E-state index contributed by atoms with van der Waals surface area (Å²) in [4.78, 5) is 38.5. The fraction of sp³-hybridized carbons (Fsp3) is 0.476. The van der Waals surface area contributed by atoms with Gasteiger partial charge in [0.05, 0.1) is 5.69 Å². The summed E-state index contributed by atoms with van der Waals surface area (Å²) in [6.45, 7) is 8.04. The lowest BCUT2D eigenvalue weighted by molar-refractivity contribution is -0.132. The van der Waals surface area contributed by atoms with Crippen molar-refractivity contribution in [2.75, 3.05) is 13.1 Å². The zero-order chi connectivity index (χ0) is 21.3. The summed E-state index contributed by atoms with van der Waals surface area (Å²) in [6.07, 6.45) is 3.73. The van der Waals surface area contributed by atoms with Gasteiger partial charge >= 0.3 is 0 Å². The smallest absolute Gasteiger partial charge is 0.251 e. The Hall–Kier alpha value is -2.81. The first-order valence-corrected chi connectivity index (χ1v) is 11.1. The number of nitrogens with zero attached hydrogens (tertiary/aromatic N) is 5. The molecule has 1 aliphatic rings. The fourth-order valence-corrected chi connectivity index (χ4v) is 4.49. The monoisotopic (exact) mass is 426 g/mol. The molecule has 158 valence electrons. The number of rotatable bonds is 5. The molecular formula is C21H26N6O2S. The van der Waals surface area contributed by atoms with Crippen LogP contribution in [0.5, 0.6) is 0 Å². The molecular weight excluding hydrogens is 400 g/mol. The lowest BCUT2D eigenvalue weighted by atomic mass is 9.95. The minimum Gasteiger partial charge on any atom is -0.343 e. The molecule has 1 saturated heterocycles. The van der Waals surface area contributed by atoms with Gasteiger partial charge in [-0.1, -0.05) is 0 Å². The van der Waals surface area contributed by atoms with Crippen LogP contribution in [0.2, 0.25) is 0 Å². The summed E-state index contributed by atoms with van der Waals surface area (Å²) in [5.41, 5.74) is 3.77. The van der Waals surface area contributed by atoms with Crippen LogP contribution in [0.3, 0.4) is 0 Å². The molecule has 4 rings (SSSR count). The number of carbonyl (C=O) groups is 1. The van der Waals surface area contributed by atoms with Crippen LogP contribution in [0.25, 0.3) is 10.7 Å². The van der Waals surface area contributed by atoms with Crippen LogP contribution in [0.4, 0.5) is 0 Å². The average molecular weight is 427 g/mol. The quantitative estimate of drug-likeness (QED) is 0.677. The van der Waals surface area contributed by atoms with E-state index >= 15 is 0 Å². The Labute approximate surface area is 179 Å². The number of aromatic amines is 1. The number of amides is 1. The fourth-order valence-electron chi connectivity index (χ4n) is 3.90. The van der Waals surface area contributed by atoms with Crippen molar-refractivity contribution in [2.24, 2.45) is 0 Å². The van der Waals surface area contributed by atoms with E-state index in [1.165, 1.54) is 23.0 Å². The van der Waals surface area contributed by atoms with E-state index in [1.807, 2.05) is 28.8 Å². The van der Waals surface area contributed by atoms with Crippen LogP contribution in [-0.4, -0.2) is 48.6 Å². The SMILES string of the molecule is Cc1nn(CCC(=O)N2CCC(c3nc(-c4nccs4)cc(=O)[nH]3)CC2)c(C)c1C. The Morgan fingerprint density at radius 2 is 2.03 bits per heavy atom. The number of likely N-dealkylation sites (tertiary alicyclic amines) is 1. The number of thiazole rings is 1. The van der Waals surface area contributed by atoms with Gasteiger partial charge in [0.1, 0.15) is 16.5 Å². The summed E-state index contributed by atoms with van der Waals surface area (Å²) < 4.78 is 1.92. The maximum atomic E-state index is 12.7. The molecule has 1 aliphatic heterocycles. The predicted molar refractivity (Wildman–Crippen MR) is 116 cm³/mol. The predicted octanol–water partition coefficient (Wildman–Crippen LogP) is 2.81. The highest BCUT2D eigenvalue weighted by molar-refractivity contribution is 7.13. The second-order valence-corrected chi connectivity index (χ2v) is 8.67. The second-order valence-electron chi connectivity index (χ2n) is 7.78. The zero-order valence-electron chi connectivity index (χ0n) is 17.5. The molecule has 0 unspecified atom stereocenters. The van der Waals surface area contributed by atoms with Crippen molar-refractivity contribution in [3.63, 3.8) is 0 Å². The minimum absolute atomic E-state index is 0.139. The van der Waals surface area contributed by atoms with Crippen molar-refractivity contribution >= 4 is 17.2 Å². The van der Waals surface area contributed by atoms with Gasteiger partial charge in [-0.3, -0.25) is 14.3 Å². The van der Waals surface area contributed by atoms with Gasteiger partial charge in [-0.15, -0.1) is 11.3 Å². The minimum atomic E-state index is -0.163. The van der Waals surface area contributed by atoms with E-state index in [1.54, 1.807) is 6.20 Å². The van der Waals surface area contributed by atoms with Crippen LogP contribution in [0, 0.1) is 20.8 Å². The van der Waals surface area contributed by atoms with Gasteiger partial charge in [0, 0.05) is 55.3 Å². The third kappa shape index (κ3) is 4.21. The second kappa shape index (κ2) is 8.51. The number of H-pyrrole nitrogens is 1. The first-order valence-electron chi connectivity index (χ1n) is 10.2. The van der Waals surface area contributed by atoms with Gasteiger partial charge in [-0.2, -0.15) is 5.10 Å². The Balaban J connectivity index is 1.36. The number of aryl methyl sites for hydroxylation is 2. The molecule has 3 aromatic rings. The molecule has 0 spiro atoms. The molecule has 0 atom stereocenters. The van der Waals surface area contributed by atoms with Crippen LogP contribution in [0.15, 0.2) is 22.4 Å². The number of hydrogen-bond acceptors (Lipinski definition) is 6. The molecule has 4 heterocycles. The van der Waals surface area contributed by atoms with Gasteiger partial charge in [0.25, 0.3) is 5.56 Å². The highest BCUT2D eigenvalue weighted by atomic mass is 32.1. The topological polar surface area (TPSA) is 96.8 Å². The lowest BCUT2D eigenvalue weighted by Crippen LogP contribution is -2.38. The van der Waals surface area contributed by atoms with Crippen LogP contribution >= 0.6 is 11.3 Å². The highest BCUT2D eigenvalue weighted by Gasteiger charge is 2.26. The molecule has 0 saturated carbocycles. The van der Waals surface area contributed by atoms with E-state index in [4.69, 9.17) is 0 Å². The molecule has 0 aromatic carbocycles. The normalized spacial score (nSPS) is 15.0. The summed E-state index contributed by atoms with van der Waals surface area (Å²) in [6, 6.07) is 1.49.